The molecule has 0 aliphatic rings. The first-order valence-corrected chi connectivity index (χ1v) is 3.81. The summed E-state index contributed by atoms with van der Waals surface area (Å²) in [6.07, 6.45) is 9.77. The molecule has 0 aromatic heterocycles. The maximum absolute atomic E-state index is 9.98. The van der Waals surface area contributed by atoms with Gasteiger partial charge in [0.05, 0.1) is 0 Å². The molecule has 0 radical (unpaired) electrons. The molecule has 11 heavy (non-hydrogen) atoms. The van der Waals surface area contributed by atoms with Crippen LogP contribution in [0.3, 0.4) is 0 Å². The fourth-order valence-electron chi connectivity index (χ4n) is 0.661. The van der Waals surface area contributed by atoms with E-state index in [1.54, 1.807) is 6.08 Å². The van der Waals surface area contributed by atoms with Crippen LogP contribution in [0.2, 0.25) is 0 Å². The quantitative estimate of drug-likeness (QED) is 0.375. The summed E-state index contributed by atoms with van der Waals surface area (Å²) in [5.74, 6) is -0.871. The predicted octanol–water partition coefficient (Wildman–Crippen LogP) is 2.37. The Morgan fingerprint density at radius 3 is 2.45 bits per heavy atom. The van der Waals surface area contributed by atoms with Crippen LogP contribution in [0, 0.1) is 0 Å². The van der Waals surface area contributed by atoms with E-state index in [1.807, 2.05) is 0 Å². The highest BCUT2D eigenvalue weighted by molar-refractivity contribution is 5.79. The third-order valence-corrected chi connectivity index (χ3v) is 1.16. The van der Waals surface area contributed by atoms with Crippen LogP contribution in [0.25, 0.3) is 0 Å². The average molecular weight is 154 g/mol. The Hall–Kier alpha value is -1.05. The van der Waals surface area contributed by atoms with Gasteiger partial charge < -0.3 is 5.11 Å². The molecule has 0 fully saturated rings. The molecule has 0 heterocycles. The lowest BCUT2D eigenvalue weighted by Crippen LogP contribution is -1.84. The van der Waals surface area contributed by atoms with Crippen molar-refractivity contribution in [2.24, 2.45) is 0 Å². The highest BCUT2D eigenvalue weighted by Gasteiger charge is 1.82. The summed E-state index contributed by atoms with van der Waals surface area (Å²) >= 11 is 0. The summed E-state index contributed by atoms with van der Waals surface area (Å²) in [4.78, 5) is 9.98. The molecule has 0 saturated heterocycles. The maximum Gasteiger partial charge on any atom is 0.327 e. The minimum Gasteiger partial charge on any atom is -0.478 e. The summed E-state index contributed by atoms with van der Waals surface area (Å²) in [6.45, 7) is 2.07. The molecule has 0 atom stereocenters. The van der Waals surface area contributed by atoms with Crippen LogP contribution in [0.4, 0.5) is 0 Å². The van der Waals surface area contributed by atoms with Crippen LogP contribution < -0.4 is 0 Å². The third-order valence-electron chi connectivity index (χ3n) is 1.16. The lowest BCUT2D eigenvalue weighted by molar-refractivity contribution is -0.131. The van der Waals surface area contributed by atoms with Crippen LogP contribution in [-0.2, 0) is 4.79 Å². The summed E-state index contributed by atoms with van der Waals surface area (Å²) in [7, 11) is 0. The van der Waals surface area contributed by atoms with Crippen molar-refractivity contribution in [2.45, 2.75) is 26.2 Å². The van der Waals surface area contributed by atoms with Gasteiger partial charge in [-0.3, -0.25) is 0 Å². The second kappa shape index (κ2) is 7.06. The summed E-state index contributed by atoms with van der Waals surface area (Å²) < 4.78 is 0. The summed E-state index contributed by atoms with van der Waals surface area (Å²) in [6, 6.07) is 0. The van der Waals surface area contributed by atoms with Crippen LogP contribution in [0.5, 0.6) is 0 Å². The standard InChI is InChI=1S/C9H14O2/c1-2-3-4-5-6-7-8-9(10)11/h3-4,7-8H,2,5-6H2,1H3,(H,10,11)/b4-3?,8-7+. The zero-order chi connectivity index (χ0) is 8.53. The van der Waals surface area contributed by atoms with Crippen molar-refractivity contribution in [2.75, 3.05) is 0 Å². The minimum absolute atomic E-state index is 0.808. The molecule has 62 valence electrons. The maximum atomic E-state index is 9.98. The van der Waals surface area contributed by atoms with Gasteiger partial charge in [0.15, 0.2) is 0 Å². The Kier molecular flexibility index (Phi) is 6.39. The van der Waals surface area contributed by atoms with E-state index in [0.29, 0.717) is 0 Å². The number of carbonyl (C=O) groups is 1. The molecule has 0 aromatic carbocycles. The van der Waals surface area contributed by atoms with E-state index in [4.69, 9.17) is 5.11 Å². The molecule has 0 amide bonds. The molecule has 0 aliphatic heterocycles. The number of rotatable bonds is 5. The lowest BCUT2D eigenvalue weighted by atomic mass is 10.2. The van der Waals surface area contributed by atoms with Crippen molar-refractivity contribution in [1.29, 1.82) is 0 Å². The van der Waals surface area contributed by atoms with Crippen LogP contribution in [0.1, 0.15) is 26.2 Å². The van der Waals surface area contributed by atoms with Crippen molar-refractivity contribution in [1.82, 2.24) is 0 Å². The van der Waals surface area contributed by atoms with E-state index >= 15 is 0 Å². The van der Waals surface area contributed by atoms with Crippen molar-refractivity contribution in [3.63, 3.8) is 0 Å². The Morgan fingerprint density at radius 1 is 1.27 bits per heavy atom. The SMILES string of the molecule is CCC=CCC/C=C/C(=O)O. The highest BCUT2D eigenvalue weighted by Crippen LogP contribution is 1.93. The van der Waals surface area contributed by atoms with Crippen LogP contribution >= 0.6 is 0 Å². The Bertz CT molecular complexity index is 157. The summed E-state index contributed by atoms with van der Waals surface area (Å²) in [5.41, 5.74) is 0. The molecule has 2 nitrogen and oxygen atoms in total. The van der Waals surface area contributed by atoms with Gasteiger partial charge in [-0.15, -0.1) is 0 Å². The first-order chi connectivity index (χ1) is 5.27. The first-order valence-electron chi connectivity index (χ1n) is 3.81. The van der Waals surface area contributed by atoms with E-state index in [1.165, 1.54) is 6.08 Å². The number of carboxylic acids is 1. The fourth-order valence-corrected chi connectivity index (χ4v) is 0.661. The fraction of sp³-hybridized carbons (Fsp3) is 0.444. The zero-order valence-corrected chi connectivity index (χ0v) is 6.79. The molecule has 0 spiro atoms. The predicted molar refractivity (Wildman–Crippen MR) is 45.4 cm³/mol. The van der Waals surface area contributed by atoms with Crippen molar-refractivity contribution < 1.29 is 9.90 Å². The third kappa shape index (κ3) is 8.95. The lowest BCUT2D eigenvalue weighted by Gasteiger charge is -1.84. The molecular formula is C9H14O2. The van der Waals surface area contributed by atoms with Crippen LogP contribution in [-0.4, -0.2) is 11.1 Å². The monoisotopic (exact) mass is 154 g/mol. The second-order valence-corrected chi connectivity index (χ2v) is 2.20. The molecule has 0 rings (SSSR count). The van der Waals surface area contributed by atoms with Gasteiger partial charge in [0.25, 0.3) is 0 Å². The van der Waals surface area contributed by atoms with Gasteiger partial charge in [0.2, 0.25) is 0 Å². The summed E-state index contributed by atoms with van der Waals surface area (Å²) in [5, 5.41) is 8.21. The molecule has 1 N–H and O–H groups in total. The van der Waals surface area contributed by atoms with Crippen LogP contribution in [0.15, 0.2) is 24.3 Å². The van der Waals surface area contributed by atoms with Gasteiger partial charge in [-0.1, -0.05) is 25.2 Å². The molecule has 0 bridgehead atoms. The Morgan fingerprint density at radius 2 is 1.91 bits per heavy atom. The smallest absolute Gasteiger partial charge is 0.327 e. The first kappa shape index (κ1) is 9.95. The van der Waals surface area contributed by atoms with E-state index in [-0.39, 0.29) is 0 Å². The van der Waals surface area contributed by atoms with E-state index < -0.39 is 5.97 Å². The van der Waals surface area contributed by atoms with E-state index in [9.17, 15) is 4.79 Å². The Labute approximate surface area is 67.2 Å². The zero-order valence-electron chi connectivity index (χ0n) is 6.79. The topological polar surface area (TPSA) is 37.3 Å². The van der Waals surface area contributed by atoms with Gasteiger partial charge >= 0.3 is 5.97 Å². The van der Waals surface area contributed by atoms with Gasteiger partial charge in [-0.25, -0.2) is 4.79 Å². The number of carboxylic acid groups (broad SMARTS) is 1. The molecule has 2 heteroatoms. The molecule has 0 unspecified atom stereocenters. The molecule has 0 aliphatic carbocycles. The van der Waals surface area contributed by atoms with Crippen molar-refractivity contribution in [3.8, 4) is 0 Å². The van der Waals surface area contributed by atoms with E-state index in [0.717, 1.165) is 19.3 Å². The molecule has 0 aromatic rings. The Balaban J connectivity index is 3.27. The largest absolute Gasteiger partial charge is 0.478 e. The van der Waals surface area contributed by atoms with Crippen molar-refractivity contribution in [3.05, 3.63) is 24.3 Å². The molecule has 0 saturated carbocycles. The number of hydrogen-bond donors (Lipinski definition) is 1. The number of allylic oxidation sites excluding steroid dienone is 3. The van der Waals surface area contributed by atoms with Gasteiger partial charge in [-0.05, 0) is 19.3 Å². The van der Waals surface area contributed by atoms with Crippen molar-refractivity contribution >= 4 is 5.97 Å². The number of hydrogen-bond acceptors (Lipinski definition) is 1. The minimum atomic E-state index is -0.871. The van der Waals surface area contributed by atoms with E-state index in [2.05, 4.69) is 19.1 Å². The van der Waals surface area contributed by atoms with Gasteiger partial charge in [0.1, 0.15) is 0 Å². The average Bonchev–Trinajstić information content (AvgIpc) is 1.96. The number of aliphatic carboxylic acids is 1. The van der Waals surface area contributed by atoms with Gasteiger partial charge in [0, 0.05) is 6.08 Å². The van der Waals surface area contributed by atoms with Gasteiger partial charge in [-0.2, -0.15) is 0 Å². The molecular weight excluding hydrogens is 140 g/mol. The normalized spacial score (nSPS) is 11.4. The number of unbranched alkanes of at least 4 members (excludes halogenated alkanes) is 1. The second-order valence-electron chi connectivity index (χ2n) is 2.20. The highest BCUT2D eigenvalue weighted by atomic mass is 16.4.